The highest BCUT2D eigenvalue weighted by molar-refractivity contribution is 5.99. The van der Waals surface area contributed by atoms with E-state index >= 15 is 0 Å². The molecule has 4 atom stereocenters. The molecule has 2 fully saturated rings. The van der Waals surface area contributed by atoms with Crippen LogP contribution in [0.4, 0.5) is 5.69 Å². The third-order valence-corrected chi connectivity index (χ3v) is 5.38. The zero-order valence-electron chi connectivity index (χ0n) is 16.4. The lowest BCUT2D eigenvalue weighted by Crippen LogP contribution is -2.61. The fourth-order valence-corrected chi connectivity index (χ4v) is 3.46. The van der Waals surface area contributed by atoms with E-state index in [1.165, 1.54) is 4.90 Å². The first-order valence-electron chi connectivity index (χ1n) is 9.63. The van der Waals surface area contributed by atoms with Crippen molar-refractivity contribution in [2.24, 2.45) is 5.92 Å². The topological polar surface area (TPSA) is 97.0 Å². The molecule has 3 rings (SSSR count). The fourth-order valence-electron chi connectivity index (χ4n) is 3.46. The Morgan fingerprint density at radius 2 is 2.00 bits per heavy atom. The Kier molecular flexibility index (Phi) is 6.18. The summed E-state index contributed by atoms with van der Waals surface area (Å²) in [7, 11) is 1.57. The molecule has 8 heteroatoms. The minimum Gasteiger partial charge on any atom is -0.497 e. The van der Waals surface area contributed by atoms with E-state index in [0.29, 0.717) is 30.7 Å². The van der Waals surface area contributed by atoms with Crippen molar-refractivity contribution < 1.29 is 23.9 Å². The molecule has 0 radical (unpaired) electrons. The van der Waals surface area contributed by atoms with Gasteiger partial charge in [0.2, 0.25) is 17.7 Å². The minimum absolute atomic E-state index is 0.134. The van der Waals surface area contributed by atoms with Gasteiger partial charge in [0, 0.05) is 11.6 Å². The van der Waals surface area contributed by atoms with E-state index in [-0.39, 0.29) is 30.2 Å². The van der Waals surface area contributed by atoms with Crippen LogP contribution in [0.3, 0.4) is 0 Å². The summed E-state index contributed by atoms with van der Waals surface area (Å²) in [6.07, 6.45) is 1.38. The van der Waals surface area contributed by atoms with Gasteiger partial charge in [-0.15, -0.1) is 0 Å². The number of ether oxygens (including phenoxy) is 2. The average Bonchev–Trinajstić information content (AvgIpc) is 3.15. The fraction of sp³-hybridized carbons (Fsp3) is 0.550. The third kappa shape index (κ3) is 4.11. The monoisotopic (exact) mass is 389 g/mol. The predicted molar refractivity (Wildman–Crippen MR) is 103 cm³/mol. The van der Waals surface area contributed by atoms with Gasteiger partial charge in [0.25, 0.3) is 0 Å². The predicted octanol–water partition coefficient (Wildman–Crippen LogP) is 1.51. The standard InChI is InChI=1S/C20H27N3O5/c1-4-12(2)18(24)22-15-11-28-17-10-9-16(23(17)20(15)26)19(25)21-13-5-7-14(27-3)8-6-13/h5-8,12,15-17H,4,9-11H2,1-3H3,(H,21,25)(H,22,24)/t12?,15-,16?,17-/m0/s1. The zero-order valence-corrected chi connectivity index (χ0v) is 16.4. The number of nitrogens with one attached hydrogen (secondary N) is 2. The van der Waals surface area contributed by atoms with Crippen molar-refractivity contribution in [3.8, 4) is 5.75 Å². The van der Waals surface area contributed by atoms with Crippen LogP contribution in [0.1, 0.15) is 33.1 Å². The van der Waals surface area contributed by atoms with Gasteiger partial charge in [0.15, 0.2) is 0 Å². The van der Waals surface area contributed by atoms with Crippen LogP contribution in [0.5, 0.6) is 5.75 Å². The van der Waals surface area contributed by atoms with Crippen LogP contribution in [-0.4, -0.2) is 54.6 Å². The zero-order chi connectivity index (χ0) is 20.3. The summed E-state index contributed by atoms with van der Waals surface area (Å²) in [5.74, 6) is -0.197. The molecule has 28 heavy (non-hydrogen) atoms. The lowest BCUT2D eigenvalue weighted by atomic mass is 10.1. The molecule has 3 amide bonds. The third-order valence-electron chi connectivity index (χ3n) is 5.38. The molecule has 2 aliphatic rings. The van der Waals surface area contributed by atoms with Crippen molar-refractivity contribution in [2.75, 3.05) is 19.0 Å². The van der Waals surface area contributed by atoms with Crippen molar-refractivity contribution >= 4 is 23.4 Å². The summed E-state index contributed by atoms with van der Waals surface area (Å²) < 4.78 is 10.9. The molecular formula is C20H27N3O5. The lowest BCUT2D eigenvalue weighted by Gasteiger charge is -2.37. The maximum absolute atomic E-state index is 12.9. The highest BCUT2D eigenvalue weighted by Gasteiger charge is 2.47. The molecule has 1 aromatic carbocycles. The minimum atomic E-state index is -0.757. The molecule has 2 unspecified atom stereocenters. The Morgan fingerprint density at radius 1 is 1.29 bits per heavy atom. The van der Waals surface area contributed by atoms with Gasteiger partial charge in [-0.3, -0.25) is 14.4 Å². The van der Waals surface area contributed by atoms with Crippen molar-refractivity contribution in [3.63, 3.8) is 0 Å². The Morgan fingerprint density at radius 3 is 2.64 bits per heavy atom. The molecule has 152 valence electrons. The number of hydrogen-bond acceptors (Lipinski definition) is 5. The van der Waals surface area contributed by atoms with Crippen LogP contribution in [0, 0.1) is 5.92 Å². The number of fused-ring (bicyclic) bond motifs is 1. The first kappa shape index (κ1) is 20.1. The molecule has 0 spiro atoms. The number of methoxy groups -OCH3 is 1. The number of nitrogens with zero attached hydrogens (tertiary/aromatic N) is 1. The normalized spacial score (nSPS) is 25.0. The van der Waals surface area contributed by atoms with E-state index in [1.54, 1.807) is 31.4 Å². The number of carbonyl (C=O) groups is 3. The second-order valence-electron chi connectivity index (χ2n) is 7.21. The number of carbonyl (C=O) groups excluding carboxylic acids is 3. The van der Waals surface area contributed by atoms with Gasteiger partial charge in [-0.1, -0.05) is 13.8 Å². The average molecular weight is 389 g/mol. The Labute approximate surface area is 164 Å². The second kappa shape index (κ2) is 8.60. The van der Waals surface area contributed by atoms with Crippen molar-refractivity contribution in [2.45, 2.75) is 51.4 Å². The summed E-state index contributed by atoms with van der Waals surface area (Å²) in [5.41, 5.74) is 0.626. The smallest absolute Gasteiger partial charge is 0.250 e. The number of amides is 3. The Balaban J connectivity index is 1.66. The van der Waals surface area contributed by atoms with Gasteiger partial charge < -0.3 is 25.0 Å². The number of anilines is 1. The highest BCUT2D eigenvalue weighted by Crippen LogP contribution is 2.30. The Hall–Kier alpha value is -2.61. The van der Waals surface area contributed by atoms with E-state index in [0.717, 1.165) is 0 Å². The van der Waals surface area contributed by atoms with Crippen LogP contribution in [-0.2, 0) is 19.1 Å². The first-order valence-corrected chi connectivity index (χ1v) is 9.63. The maximum atomic E-state index is 12.9. The number of benzene rings is 1. The van der Waals surface area contributed by atoms with Gasteiger partial charge in [-0.25, -0.2) is 0 Å². The van der Waals surface area contributed by atoms with Crippen LogP contribution < -0.4 is 15.4 Å². The molecule has 2 heterocycles. The number of hydrogen-bond donors (Lipinski definition) is 2. The van der Waals surface area contributed by atoms with E-state index < -0.39 is 18.3 Å². The summed E-state index contributed by atoms with van der Waals surface area (Å²) in [4.78, 5) is 39.4. The molecule has 0 aromatic heterocycles. The van der Waals surface area contributed by atoms with Gasteiger partial charge in [0.05, 0.1) is 13.7 Å². The molecule has 0 bridgehead atoms. The number of rotatable bonds is 6. The van der Waals surface area contributed by atoms with Gasteiger partial charge >= 0.3 is 0 Å². The summed E-state index contributed by atoms with van der Waals surface area (Å²) >= 11 is 0. The largest absolute Gasteiger partial charge is 0.497 e. The van der Waals surface area contributed by atoms with Crippen molar-refractivity contribution in [1.82, 2.24) is 10.2 Å². The van der Waals surface area contributed by atoms with E-state index in [2.05, 4.69) is 10.6 Å². The maximum Gasteiger partial charge on any atom is 0.250 e. The van der Waals surface area contributed by atoms with Crippen molar-refractivity contribution in [3.05, 3.63) is 24.3 Å². The summed E-state index contributed by atoms with van der Waals surface area (Å²) in [6, 6.07) is 5.61. The molecule has 2 saturated heterocycles. The molecule has 8 nitrogen and oxygen atoms in total. The first-order chi connectivity index (χ1) is 13.4. The molecular weight excluding hydrogens is 362 g/mol. The van der Waals surface area contributed by atoms with Gasteiger partial charge in [-0.05, 0) is 43.5 Å². The summed E-state index contributed by atoms with van der Waals surface area (Å²) in [5, 5.41) is 5.59. The highest BCUT2D eigenvalue weighted by atomic mass is 16.5. The van der Waals surface area contributed by atoms with E-state index in [4.69, 9.17) is 9.47 Å². The van der Waals surface area contributed by atoms with Crippen molar-refractivity contribution in [1.29, 1.82) is 0 Å². The second-order valence-corrected chi connectivity index (χ2v) is 7.21. The molecule has 1 aromatic rings. The SMILES string of the molecule is CCC(C)C(=O)N[C@H]1CO[C@H]2CCC(C(=O)Nc3ccc(OC)cc3)N2C1=O. The van der Waals surface area contributed by atoms with Gasteiger partial charge in [0.1, 0.15) is 24.1 Å². The van der Waals surface area contributed by atoms with E-state index in [9.17, 15) is 14.4 Å². The van der Waals surface area contributed by atoms with Gasteiger partial charge in [-0.2, -0.15) is 0 Å². The molecule has 0 saturated carbocycles. The Bertz CT molecular complexity index is 736. The molecule has 2 N–H and O–H groups in total. The van der Waals surface area contributed by atoms with E-state index in [1.807, 2.05) is 13.8 Å². The van der Waals surface area contributed by atoms with Crippen LogP contribution >= 0.6 is 0 Å². The summed E-state index contributed by atoms with van der Waals surface area (Å²) in [6.45, 7) is 3.86. The van der Waals surface area contributed by atoms with Crippen LogP contribution in [0.25, 0.3) is 0 Å². The van der Waals surface area contributed by atoms with Crippen LogP contribution in [0.15, 0.2) is 24.3 Å². The molecule has 0 aliphatic carbocycles. The quantitative estimate of drug-likeness (QED) is 0.769. The molecule has 2 aliphatic heterocycles. The van der Waals surface area contributed by atoms with Crippen LogP contribution in [0.2, 0.25) is 0 Å². The lowest BCUT2D eigenvalue weighted by molar-refractivity contribution is -0.166.